The van der Waals surface area contributed by atoms with Crippen LogP contribution in [0.5, 0.6) is 0 Å². The number of aryl methyl sites for hydroxylation is 1. The molecule has 2 aromatic carbocycles. The van der Waals surface area contributed by atoms with Crippen LogP contribution < -0.4 is 11.1 Å². The normalized spacial score (nSPS) is 22.1. The third kappa shape index (κ3) is 6.03. The lowest BCUT2D eigenvalue weighted by molar-refractivity contribution is 0.579. The van der Waals surface area contributed by atoms with Gasteiger partial charge in [-0.25, -0.2) is 0 Å². The molecule has 0 aliphatic heterocycles. The molecule has 0 bridgehead atoms. The summed E-state index contributed by atoms with van der Waals surface area (Å²) in [6.07, 6.45) is 12.5. The van der Waals surface area contributed by atoms with E-state index in [2.05, 4.69) is 98.1 Å². The molecule has 2 nitrogen and oxygen atoms in total. The van der Waals surface area contributed by atoms with Gasteiger partial charge in [-0.2, -0.15) is 0 Å². The van der Waals surface area contributed by atoms with E-state index in [-0.39, 0.29) is 0 Å². The predicted octanol–water partition coefficient (Wildman–Crippen LogP) is 5.90. The van der Waals surface area contributed by atoms with Gasteiger partial charge in [0.2, 0.25) is 0 Å². The minimum Gasteiger partial charge on any atom is -0.399 e. The lowest BCUT2D eigenvalue weighted by atomic mass is 9.93. The summed E-state index contributed by atoms with van der Waals surface area (Å²) in [6, 6.07) is 19.0. The van der Waals surface area contributed by atoms with Gasteiger partial charge < -0.3 is 11.1 Å². The van der Waals surface area contributed by atoms with Crippen LogP contribution in [0.25, 0.3) is 0 Å². The lowest BCUT2D eigenvalue weighted by Gasteiger charge is -2.14. The Morgan fingerprint density at radius 2 is 1.67 bits per heavy atom. The van der Waals surface area contributed by atoms with Crippen molar-refractivity contribution in [3.8, 4) is 0 Å². The quantitative estimate of drug-likeness (QED) is 0.676. The van der Waals surface area contributed by atoms with Gasteiger partial charge in [0.05, 0.1) is 0 Å². The van der Waals surface area contributed by atoms with Crippen molar-refractivity contribution in [3.63, 3.8) is 0 Å². The van der Waals surface area contributed by atoms with Crippen molar-refractivity contribution in [1.29, 1.82) is 0 Å². The summed E-state index contributed by atoms with van der Waals surface area (Å²) in [7, 11) is 0. The summed E-state index contributed by atoms with van der Waals surface area (Å²) >= 11 is 0. The number of hydrogen-bond donors (Lipinski definition) is 2. The van der Waals surface area contributed by atoms with Crippen LogP contribution in [0, 0.1) is 12.8 Å². The maximum atomic E-state index is 6.26. The summed E-state index contributed by atoms with van der Waals surface area (Å²) in [5.74, 6) is 0.560. The molecule has 0 aromatic heterocycles. The number of benzene rings is 2. The number of nitrogens with one attached hydrogen (secondary N) is 1. The van der Waals surface area contributed by atoms with E-state index >= 15 is 0 Å². The largest absolute Gasteiger partial charge is 0.399 e. The number of hydrogen-bond acceptors (Lipinski definition) is 2. The van der Waals surface area contributed by atoms with E-state index in [9.17, 15) is 0 Å². The Hall–Kier alpha value is -3.00. The van der Waals surface area contributed by atoms with Crippen molar-refractivity contribution in [1.82, 2.24) is 0 Å². The average molecular weight is 357 g/mol. The van der Waals surface area contributed by atoms with Gasteiger partial charge in [-0.1, -0.05) is 67.1 Å². The fraction of sp³-hybridized carbons (Fsp3) is 0.200. The SMILES string of the molecule is Cc1ccc(NC2=C\C=C\C(CC(C)Cc3ccccc3)=C/C(N)=C\2)cc1. The van der Waals surface area contributed by atoms with Crippen molar-refractivity contribution in [2.75, 3.05) is 5.32 Å². The van der Waals surface area contributed by atoms with Crippen molar-refractivity contribution in [2.45, 2.75) is 26.7 Å². The van der Waals surface area contributed by atoms with Crippen LogP contribution in [0.2, 0.25) is 0 Å². The molecule has 3 rings (SSSR count). The monoisotopic (exact) mass is 356 g/mol. The number of nitrogens with two attached hydrogens (primary N) is 1. The molecule has 0 amide bonds. The van der Waals surface area contributed by atoms with Gasteiger partial charge in [0.1, 0.15) is 0 Å². The summed E-state index contributed by atoms with van der Waals surface area (Å²) in [5.41, 5.74) is 13.0. The topological polar surface area (TPSA) is 38.0 Å². The first-order valence-corrected chi connectivity index (χ1v) is 9.52. The molecule has 0 spiro atoms. The molecule has 1 aliphatic rings. The number of rotatable bonds is 6. The van der Waals surface area contributed by atoms with Crippen LogP contribution in [-0.2, 0) is 6.42 Å². The molecule has 1 unspecified atom stereocenters. The number of anilines is 1. The van der Waals surface area contributed by atoms with Gasteiger partial charge in [-0.15, -0.1) is 0 Å². The fourth-order valence-corrected chi connectivity index (χ4v) is 3.31. The molecule has 0 fully saturated rings. The lowest BCUT2D eigenvalue weighted by Crippen LogP contribution is -2.05. The highest BCUT2D eigenvalue weighted by Gasteiger charge is 2.07. The average Bonchev–Trinajstić information content (AvgIpc) is 2.62. The summed E-state index contributed by atoms with van der Waals surface area (Å²) in [6.45, 7) is 4.38. The Kier molecular flexibility index (Phi) is 6.32. The Labute approximate surface area is 162 Å². The minimum absolute atomic E-state index is 0.560. The highest BCUT2D eigenvalue weighted by molar-refractivity contribution is 5.54. The highest BCUT2D eigenvalue weighted by Crippen LogP contribution is 2.21. The molecule has 0 heterocycles. The van der Waals surface area contributed by atoms with Crippen LogP contribution in [0.4, 0.5) is 5.69 Å². The van der Waals surface area contributed by atoms with E-state index in [0.29, 0.717) is 5.92 Å². The molecular formula is C25H28N2. The summed E-state index contributed by atoms with van der Waals surface area (Å²) in [5, 5.41) is 3.42. The molecule has 0 radical (unpaired) electrons. The number of allylic oxidation sites excluding steroid dienone is 6. The van der Waals surface area contributed by atoms with E-state index in [0.717, 1.165) is 29.9 Å². The smallest absolute Gasteiger partial charge is 0.0404 e. The summed E-state index contributed by atoms with van der Waals surface area (Å²) in [4.78, 5) is 0. The van der Waals surface area contributed by atoms with Crippen LogP contribution in [0.1, 0.15) is 24.5 Å². The first-order valence-electron chi connectivity index (χ1n) is 9.52. The molecule has 0 saturated heterocycles. The molecule has 2 aromatic rings. The minimum atomic E-state index is 0.560. The highest BCUT2D eigenvalue weighted by atomic mass is 14.9. The van der Waals surface area contributed by atoms with E-state index < -0.39 is 0 Å². The van der Waals surface area contributed by atoms with Gasteiger partial charge in [0, 0.05) is 17.1 Å². The van der Waals surface area contributed by atoms with Crippen molar-refractivity contribution in [2.24, 2.45) is 11.7 Å². The van der Waals surface area contributed by atoms with Gasteiger partial charge in [-0.3, -0.25) is 0 Å². The maximum Gasteiger partial charge on any atom is 0.0404 e. The third-order valence-corrected chi connectivity index (χ3v) is 4.61. The molecule has 138 valence electrons. The summed E-state index contributed by atoms with van der Waals surface area (Å²) < 4.78 is 0. The molecule has 1 atom stereocenters. The zero-order valence-electron chi connectivity index (χ0n) is 16.2. The first-order chi connectivity index (χ1) is 13.1. The van der Waals surface area contributed by atoms with Crippen LogP contribution in [-0.4, -0.2) is 0 Å². The van der Waals surface area contributed by atoms with E-state index in [4.69, 9.17) is 5.73 Å². The Balaban J connectivity index is 1.63. The zero-order chi connectivity index (χ0) is 19.1. The Morgan fingerprint density at radius 3 is 2.41 bits per heavy atom. The van der Waals surface area contributed by atoms with E-state index in [1.165, 1.54) is 16.7 Å². The molecule has 1 aliphatic carbocycles. The van der Waals surface area contributed by atoms with Gasteiger partial charge >= 0.3 is 0 Å². The zero-order valence-corrected chi connectivity index (χ0v) is 16.2. The maximum absolute atomic E-state index is 6.26. The first kappa shape index (κ1) is 18.8. The van der Waals surface area contributed by atoms with Crippen molar-refractivity contribution in [3.05, 3.63) is 113 Å². The molecule has 27 heavy (non-hydrogen) atoms. The van der Waals surface area contributed by atoms with Gasteiger partial charge in [0.15, 0.2) is 0 Å². The van der Waals surface area contributed by atoms with E-state index in [1.54, 1.807) is 0 Å². The van der Waals surface area contributed by atoms with Crippen LogP contribution in [0.15, 0.2) is 102 Å². The van der Waals surface area contributed by atoms with Crippen LogP contribution in [0.3, 0.4) is 0 Å². The predicted molar refractivity (Wildman–Crippen MR) is 116 cm³/mol. The van der Waals surface area contributed by atoms with E-state index in [1.807, 2.05) is 6.08 Å². The second-order valence-corrected chi connectivity index (χ2v) is 7.33. The Morgan fingerprint density at radius 1 is 0.926 bits per heavy atom. The van der Waals surface area contributed by atoms with Crippen LogP contribution >= 0.6 is 0 Å². The Bertz CT molecular complexity index is 868. The van der Waals surface area contributed by atoms with Gasteiger partial charge in [0.25, 0.3) is 0 Å². The second-order valence-electron chi connectivity index (χ2n) is 7.33. The third-order valence-electron chi connectivity index (χ3n) is 4.61. The molecule has 2 heteroatoms. The van der Waals surface area contributed by atoms with Crippen molar-refractivity contribution >= 4 is 5.69 Å². The van der Waals surface area contributed by atoms with Crippen molar-refractivity contribution < 1.29 is 0 Å². The van der Waals surface area contributed by atoms with Gasteiger partial charge in [-0.05, 0) is 67.2 Å². The second kappa shape index (κ2) is 9.09. The standard InChI is InChI=1S/C25H28N2/c1-19-11-13-24(14-12-19)27-25-10-6-9-22(17-23(26)18-25)16-20(2)15-21-7-4-3-5-8-21/h3-14,17-18,20,27H,15-16,26H2,1-2H3/b9-6+,10-6?,22-9?,22-17+,23-17?,23-18+,25-10-,25-18?. The molecular weight excluding hydrogens is 328 g/mol. The molecule has 3 N–H and O–H groups in total. The fourth-order valence-electron chi connectivity index (χ4n) is 3.31. The molecule has 0 saturated carbocycles.